The van der Waals surface area contributed by atoms with Crippen LogP contribution in [-0.4, -0.2) is 31.1 Å². The highest BCUT2D eigenvalue weighted by Crippen LogP contribution is 2.23. The minimum Gasteiger partial charge on any atom is -0.317 e. The molecule has 2 nitrogen and oxygen atoms in total. The summed E-state index contributed by atoms with van der Waals surface area (Å²) in [5.41, 5.74) is 2.88. The van der Waals surface area contributed by atoms with Crippen molar-refractivity contribution in [1.82, 2.24) is 10.2 Å². The third-order valence-corrected chi connectivity index (χ3v) is 4.24. The molecule has 1 saturated carbocycles. The first-order valence-electron chi connectivity index (χ1n) is 7.78. The maximum atomic E-state index is 3.37. The number of hydrogen-bond donors (Lipinski definition) is 1. The lowest BCUT2D eigenvalue weighted by atomic mass is 10.1. The van der Waals surface area contributed by atoms with Gasteiger partial charge < -0.3 is 5.32 Å². The van der Waals surface area contributed by atoms with Gasteiger partial charge in [-0.25, -0.2) is 0 Å². The van der Waals surface area contributed by atoms with Crippen LogP contribution in [0.15, 0.2) is 24.3 Å². The van der Waals surface area contributed by atoms with Crippen LogP contribution < -0.4 is 5.32 Å². The van der Waals surface area contributed by atoms with Crippen molar-refractivity contribution >= 4 is 0 Å². The maximum Gasteiger partial charge on any atom is 0.0233 e. The van der Waals surface area contributed by atoms with E-state index >= 15 is 0 Å². The van der Waals surface area contributed by atoms with Crippen molar-refractivity contribution in [3.63, 3.8) is 0 Å². The topological polar surface area (TPSA) is 15.3 Å². The first-order valence-corrected chi connectivity index (χ1v) is 7.78. The number of hydrogen-bond acceptors (Lipinski definition) is 2. The molecule has 2 heteroatoms. The van der Waals surface area contributed by atoms with Gasteiger partial charge in [-0.05, 0) is 50.5 Å². The van der Waals surface area contributed by atoms with Crippen LogP contribution in [0.1, 0.15) is 43.7 Å². The van der Waals surface area contributed by atoms with Gasteiger partial charge in [0, 0.05) is 12.6 Å². The van der Waals surface area contributed by atoms with Gasteiger partial charge in [-0.3, -0.25) is 4.90 Å². The first-order chi connectivity index (χ1) is 9.29. The molecular weight excluding hydrogens is 232 g/mol. The average Bonchev–Trinajstić information content (AvgIpc) is 2.95. The summed E-state index contributed by atoms with van der Waals surface area (Å²) in [7, 11) is 2.27. The molecule has 106 valence electrons. The Bertz CT molecular complexity index is 352. The van der Waals surface area contributed by atoms with E-state index in [9.17, 15) is 0 Å². The van der Waals surface area contributed by atoms with Crippen LogP contribution in [0.2, 0.25) is 0 Å². The minimum absolute atomic E-state index is 0.813. The van der Waals surface area contributed by atoms with Crippen molar-refractivity contribution in [1.29, 1.82) is 0 Å². The third kappa shape index (κ3) is 4.63. The molecule has 0 radical (unpaired) electrons. The average molecular weight is 260 g/mol. The minimum atomic E-state index is 0.813. The molecule has 0 aliphatic heterocycles. The molecule has 0 aromatic heterocycles. The van der Waals surface area contributed by atoms with E-state index in [-0.39, 0.29) is 0 Å². The third-order valence-electron chi connectivity index (χ3n) is 4.24. The van der Waals surface area contributed by atoms with E-state index in [1.165, 1.54) is 36.8 Å². The number of nitrogens with one attached hydrogen (secondary N) is 1. The fourth-order valence-corrected chi connectivity index (χ4v) is 2.98. The van der Waals surface area contributed by atoms with Crippen molar-refractivity contribution < 1.29 is 0 Å². The quantitative estimate of drug-likeness (QED) is 0.757. The number of nitrogens with zero attached hydrogens (tertiary/aromatic N) is 1. The van der Waals surface area contributed by atoms with Crippen LogP contribution in [0, 0.1) is 0 Å². The Morgan fingerprint density at radius 2 is 1.74 bits per heavy atom. The second-order valence-electron chi connectivity index (χ2n) is 5.77. The molecule has 2 rings (SSSR count). The summed E-state index contributed by atoms with van der Waals surface area (Å²) in [6, 6.07) is 9.98. The maximum absolute atomic E-state index is 3.37. The van der Waals surface area contributed by atoms with Crippen molar-refractivity contribution in [2.75, 3.05) is 20.1 Å². The van der Waals surface area contributed by atoms with E-state index < -0.39 is 0 Å². The van der Waals surface area contributed by atoms with Crippen LogP contribution >= 0.6 is 0 Å². The fraction of sp³-hybridized carbons (Fsp3) is 0.647. The van der Waals surface area contributed by atoms with Crippen molar-refractivity contribution in [2.45, 2.75) is 51.6 Å². The lowest BCUT2D eigenvalue weighted by Gasteiger charge is -2.24. The molecular formula is C17H28N2. The predicted molar refractivity (Wildman–Crippen MR) is 82.4 cm³/mol. The molecule has 0 atom stereocenters. The summed E-state index contributed by atoms with van der Waals surface area (Å²) >= 11 is 0. The smallest absolute Gasteiger partial charge is 0.0233 e. The summed E-state index contributed by atoms with van der Waals surface area (Å²) < 4.78 is 0. The van der Waals surface area contributed by atoms with Crippen LogP contribution in [-0.2, 0) is 13.0 Å². The van der Waals surface area contributed by atoms with Crippen molar-refractivity contribution in [2.24, 2.45) is 0 Å². The Morgan fingerprint density at radius 1 is 1.11 bits per heavy atom. The van der Waals surface area contributed by atoms with Gasteiger partial charge in [0.05, 0.1) is 0 Å². The van der Waals surface area contributed by atoms with Crippen molar-refractivity contribution in [3.8, 4) is 0 Å². The zero-order chi connectivity index (χ0) is 13.5. The number of likely N-dealkylation sites (N-methyl/N-ethyl adjacent to an activating group) is 1. The molecule has 1 aliphatic rings. The fourth-order valence-electron chi connectivity index (χ4n) is 2.98. The Hall–Kier alpha value is -0.860. The molecule has 0 saturated heterocycles. The molecule has 0 heterocycles. The summed E-state index contributed by atoms with van der Waals surface area (Å²) in [5.74, 6) is 0. The Kier molecular flexibility index (Phi) is 5.87. The van der Waals surface area contributed by atoms with Gasteiger partial charge in [0.25, 0.3) is 0 Å². The summed E-state index contributed by atoms with van der Waals surface area (Å²) in [6.45, 7) is 5.39. The van der Waals surface area contributed by atoms with Gasteiger partial charge in [-0.15, -0.1) is 0 Å². The van der Waals surface area contributed by atoms with Gasteiger partial charge in [-0.1, -0.05) is 44.0 Å². The molecule has 0 bridgehead atoms. The Labute approximate surface area is 118 Å². The second-order valence-corrected chi connectivity index (χ2v) is 5.77. The second kappa shape index (κ2) is 7.66. The SMILES string of the molecule is CCNCCc1ccc(CN(C)C2CCCC2)cc1. The molecule has 1 aliphatic carbocycles. The van der Waals surface area contributed by atoms with Crippen molar-refractivity contribution in [3.05, 3.63) is 35.4 Å². The van der Waals surface area contributed by atoms with Crippen LogP contribution in [0.5, 0.6) is 0 Å². The highest BCUT2D eigenvalue weighted by molar-refractivity contribution is 5.22. The zero-order valence-electron chi connectivity index (χ0n) is 12.5. The zero-order valence-corrected chi connectivity index (χ0v) is 12.5. The molecule has 19 heavy (non-hydrogen) atoms. The van der Waals surface area contributed by atoms with Gasteiger partial charge in [0.1, 0.15) is 0 Å². The van der Waals surface area contributed by atoms with E-state index in [0.29, 0.717) is 0 Å². The highest BCUT2D eigenvalue weighted by Gasteiger charge is 2.19. The standard InChI is InChI=1S/C17H28N2/c1-3-18-13-12-15-8-10-16(11-9-15)14-19(2)17-6-4-5-7-17/h8-11,17-18H,3-7,12-14H2,1-2H3. The molecule has 1 fully saturated rings. The highest BCUT2D eigenvalue weighted by atomic mass is 15.1. The molecule has 0 spiro atoms. The number of benzene rings is 1. The lowest BCUT2D eigenvalue weighted by Crippen LogP contribution is -2.28. The molecule has 1 aromatic rings. The number of rotatable bonds is 7. The lowest BCUT2D eigenvalue weighted by molar-refractivity contribution is 0.237. The Morgan fingerprint density at radius 3 is 2.37 bits per heavy atom. The monoisotopic (exact) mass is 260 g/mol. The van der Waals surface area contributed by atoms with E-state index in [1.807, 2.05) is 0 Å². The Balaban J connectivity index is 1.80. The van der Waals surface area contributed by atoms with Gasteiger partial charge in [0.15, 0.2) is 0 Å². The normalized spacial score (nSPS) is 16.4. The molecule has 0 amide bonds. The summed E-state index contributed by atoms with van der Waals surface area (Å²) in [5, 5.41) is 3.37. The predicted octanol–water partition coefficient (Wildman–Crippen LogP) is 3.21. The summed E-state index contributed by atoms with van der Waals surface area (Å²) in [4.78, 5) is 2.53. The van der Waals surface area contributed by atoms with E-state index in [4.69, 9.17) is 0 Å². The van der Waals surface area contributed by atoms with Crippen LogP contribution in [0.25, 0.3) is 0 Å². The van der Waals surface area contributed by atoms with Gasteiger partial charge in [0.2, 0.25) is 0 Å². The van der Waals surface area contributed by atoms with E-state index in [0.717, 1.165) is 32.1 Å². The first kappa shape index (κ1) is 14.5. The molecule has 1 aromatic carbocycles. The largest absolute Gasteiger partial charge is 0.317 e. The molecule has 1 N–H and O–H groups in total. The van der Waals surface area contributed by atoms with Crippen LogP contribution in [0.3, 0.4) is 0 Å². The van der Waals surface area contributed by atoms with Gasteiger partial charge >= 0.3 is 0 Å². The van der Waals surface area contributed by atoms with E-state index in [2.05, 4.69) is 48.5 Å². The van der Waals surface area contributed by atoms with E-state index in [1.54, 1.807) is 0 Å². The van der Waals surface area contributed by atoms with Crippen LogP contribution in [0.4, 0.5) is 0 Å². The van der Waals surface area contributed by atoms with Gasteiger partial charge in [-0.2, -0.15) is 0 Å². The molecule has 0 unspecified atom stereocenters. The summed E-state index contributed by atoms with van der Waals surface area (Å²) in [6.07, 6.45) is 6.73.